The maximum atomic E-state index is 13.7. The van der Waals surface area contributed by atoms with Crippen LogP contribution in [0.25, 0.3) is 0 Å². The molecule has 0 amide bonds. The van der Waals surface area contributed by atoms with E-state index in [0.717, 1.165) is 16.8 Å². The Morgan fingerprint density at radius 2 is 1.47 bits per heavy atom. The summed E-state index contributed by atoms with van der Waals surface area (Å²) in [7, 11) is 0. The fourth-order valence-corrected chi connectivity index (χ4v) is 4.47. The van der Waals surface area contributed by atoms with Gasteiger partial charge in [-0.3, -0.25) is 15.0 Å². The number of hydrogen-bond acceptors (Lipinski definition) is 7. The lowest BCUT2D eigenvalue weighted by Gasteiger charge is -2.39. The number of hydrogen-bond donors (Lipinski definition) is 0. The van der Waals surface area contributed by atoms with Crippen LogP contribution in [-0.4, -0.2) is 56.2 Å². The van der Waals surface area contributed by atoms with Gasteiger partial charge in [0.15, 0.2) is 5.82 Å². The van der Waals surface area contributed by atoms with Crippen LogP contribution in [0.5, 0.6) is 0 Å². The molecule has 0 saturated carbocycles. The third kappa shape index (κ3) is 5.05. The van der Waals surface area contributed by atoms with Gasteiger partial charge in [0.25, 0.3) is 5.69 Å². The van der Waals surface area contributed by atoms with Gasteiger partial charge in [0.1, 0.15) is 11.6 Å². The molecule has 1 aromatic heterocycles. The first-order chi connectivity index (χ1) is 17.5. The molecule has 1 fully saturated rings. The number of piperazine rings is 1. The Bertz CT molecular complexity index is 1320. The second-order valence-corrected chi connectivity index (χ2v) is 8.57. The van der Waals surface area contributed by atoms with Crippen LogP contribution in [0.15, 0.2) is 72.8 Å². The van der Waals surface area contributed by atoms with E-state index in [1.807, 2.05) is 0 Å². The minimum atomic E-state index is -0.412. The summed E-state index contributed by atoms with van der Waals surface area (Å²) in [5.41, 5.74) is 2.68. The van der Waals surface area contributed by atoms with Gasteiger partial charge in [0.05, 0.1) is 17.5 Å². The molecule has 1 atom stereocenters. The van der Waals surface area contributed by atoms with E-state index in [0.29, 0.717) is 38.5 Å². The fraction of sp³-hybridized carbons (Fsp3) is 0.240. The molecule has 2 heterocycles. The summed E-state index contributed by atoms with van der Waals surface area (Å²) in [6.45, 7) is 3.08. The van der Waals surface area contributed by atoms with Crippen LogP contribution in [-0.2, 0) is 6.54 Å². The van der Waals surface area contributed by atoms with Crippen LogP contribution >= 0.6 is 0 Å². The number of non-ortho nitro benzene ring substituents is 1. The van der Waals surface area contributed by atoms with Crippen molar-refractivity contribution in [1.82, 2.24) is 25.1 Å². The highest BCUT2D eigenvalue weighted by atomic mass is 19.1. The first-order valence-corrected chi connectivity index (χ1v) is 11.5. The van der Waals surface area contributed by atoms with Crippen molar-refractivity contribution in [3.05, 3.63) is 111 Å². The SMILES string of the molecule is O=[N+]([O-])c1ccc(N2CCN([C@H](c3ccc(F)cc3)c3nnnn3Cc3ccc(F)cc3)CC2)cc1. The molecular formula is C25H23F2N7O2. The Morgan fingerprint density at radius 1 is 0.861 bits per heavy atom. The van der Waals surface area contributed by atoms with Crippen LogP contribution in [0.1, 0.15) is 23.0 Å². The number of benzene rings is 3. The molecule has 0 N–H and O–H groups in total. The van der Waals surface area contributed by atoms with Crippen molar-refractivity contribution in [3.63, 3.8) is 0 Å². The van der Waals surface area contributed by atoms with Gasteiger partial charge in [-0.1, -0.05) is 24.3 Å². The maximum absolute atomic E-state index is 13.7. The molecule has 0 aliphatic carbocycles. The highest BCUT2D eigenvalue weighted by Gasteiger charge is 2.31. The third-order valence-corrected chi connectivity index (χ3v) is 6.34. The molecule has 11 heteroatoms. The summed E-state index contributed by atoms with van der Waals surface area (Å²) in [6.07, 6.45) is 0. The molecule has 1 aliphatic rings. The molecule has 184 valence electrons. The molecule has 9 nitrogen and oxygen atoms in total. The number of aromatic nitrogens is 4. The number of tetrazole rings is 1. The van der Waals surface area contributed by atoms with Gasteiger partial charge in [0.2, 0.25) is 0 Å². The summed E-state index contributed by atoms with van der Waals surface area (Å²) >= 11 is 0. The molecule has 5 rings (SSSR count). The van der Waals surface area contributed by atoms with Crippen LogP contribution in [0.4, 0.5) is 20.2 Å². The quantitative estimate of drug-likeness (QED) is 0.287. The molecule has 36 heavy (non-hydrogen) atoms. The zero-order chi connectivity index (χ0) is 25.1. The minimum Gasteiger partial charge on any atom is -0.369 e. The number of rotatable bonds is 7. The van der Waals surface area contributed by atoms with Gasteiger partial charge in [-0.2, -0.15) is 0 Å². The molecule has 3 aromatic carbocycles. The lowest BCUT2D eigenvalue weighted by molar-refractivity contribution is -0.384. The number of nitro benzene ring substituents is 1. The topological polar surface area (TPSA) is 93.2 Å². The summed E-state index contributed by atoms with van der Waals surface area (Å²) in [4.78, 5) is 15.0. The van der Waals surface area contributed by atoms with E-state index in [1.165, 1.54) is 36.4 Å². The van der Waals surface area contributed by atoms with E-state index in [9.17, 15) is 18.9 Å². The highest BCUT2D eigenvalue weighted by Crippen LogP contribution is 2.30. The van der Waals surface area contributed by atoms with Crippen molar-refractivity contribution in [2.45, 2.75) is 12.6 Å². The van der Waals surface area contributed by atoms with Crippen molar-refractivity contribution in [2.24, 2.45) is 0 Å². The predicted molar refractivity (Wildman–Crippen MR) is 128 cm³/mol. The molecule has 0 spiro atoms. The molecule has 0 unspecified atom stereocenters. The first kappa shape index (κ1) is 23.5. The van der Waals surface area contributed by atoms with Crippen molar-refractivity contribution in [3.8, 4) is 0 Å². The Labute approximate surface area is 205 Å². The van der Waals surface area contributed by atoms with Gasteiger partial charge >= 0.3 is 0 Å². The monoisotopic (exact) mass is 491 g/mol. The zero-order valence-corrected chi connectivity index (χ0v) is 19.2. The molecule has 1 aliphatic heterocycles. The van der Waals surface area contributed by atoms with Crippen LogP contribution in [0, 0.1) is 21.7 Å². The van der Waals surface area contributed by atoms with Crippen LogP contribution < -0.4 is 4.90 Å². The summed E-state index contributed by atoms with van der Waals surface area (Å²) < 4.78 is 28.8. The van der Waals surface area contributed by atoms with E-state index >= 15 is 0 Å². The van der Waals surface area contributed by atoms with E-state index in [1.54, 1.807) is 41.1 Å². The molecule has 0 radical (unpaired) electrons. The largest absolute Gasteiger partial charge is 0.369 e. The summed E-state index contributed by atoms with van der Waals surface area (Å²) in [6, 6.07) is 18.7. The van der Waals surface area contributed by atoms with Crippen LogP contribution in [0.3, 0.4) is 0 Å². The van der Waals surface area contributed by atoms with Crippen molar-refractivity contribution in [2.75, 3.05) is 31.1 Å². The van der Waals surface area contributed by atoms with Gasteiger partial charge in [-0.15, -0.1) is 5.10 Å². The first-order valence-electron chi connectivity index (χ1n) is 11.5. The molecule has 1 saturated heterocycles. The van der Waals surface area contributed by atoms with Crippen molar-refractivity contribution < 1.29 is 13.7 Å². The zero-order valence-electron chi connectivity index (χ0n) is 19.2. The lowest BCUT2D eigenvalue weighted by Crippen LogP contribution is -2.48. The number of anilines is 1. The molecule has 0 bridgehead atoms. The van der Waals surface area contributed by atoms with Crippen LogP contribution in [0.2, 0.25) is 0 Å². The normalized spacial score (nSPS) is 15.1. The Kier molecular flexibility index (Phi) is 6.63. The van der Waals surface area contributed by atoms with E-state index < -0.39 is 4.92 Å². The lowest BCUT2D eigenvalue weighted by atomic mass is 10.0. The third-order valence-electron chi connectivity index (χ3n) is 6.34. The average molecular weight is 492 g/mol. The minimum absolute atomic E-state index is 0.0572. The van der Waals surface area contributed by atoms with Crippen molar-refractivity contribution >= 4 is 11.4 Å². The smallest absolute Gasteiger partial charge is 0.269 e. The number of halogens is 2. The second kappa shape index (κ2) is 10.2. The Hall–Kier alpha value is -4.25. The summed E-state index contributed by atoms with van der Waals surface area (Å²) in [5, 5.41) is 23.4. The van der Waals surface area contributed by atoms with Crippen molar-refractivity contribution in [1.29, 1.82) is 0 Å². The van der Waals surface area contributed by atoms with Gasteiger partial charge in [-0.25, -0.2) is 13.5 Å². The van der Waals surface area contributed by atoms with E-state index in [2.05, 4.69) is 25.3 Å². The highest BCUT2D eigenvalue weighted by molar-refractivity contribution is 5.51. The van der Waals surface area contributed by atoms with Gasteiger partial charge < -0.3 is 4.90 Å². The Balaban J connectivity index is 1.39. The van der Waals surface area contributed by atoms with E-state index in [-0.39, 0.29) is 23.4 Å². The maximum Gasteiger partial charge on any atom is 0.269 e. The predicted octanol–water partition coefficient (Wildman–Crippen LogP) is 3.82. The molecular weight excluding hydrogens is 468 g/mol. The second-order valence-electron chi connectivity index (χ2n) is 8.57. The Morgan fingerprint density at radius 3 is 2.08 bits per heavy atom. The van der Waals surface area contributed by atoms with Gasteiger partial charge in [-0.05, 0) is 58.0 Å². The number of nitro groups is 1. The van der Waals surface area contributed by atoms with E-state index in [4.69, 9.17) is 0 Å². The average Bonchev–Trinajstić information content (AvgIpc) is 3.34. The standard InChI is InChI=1S/C25H23F2N7O2/c26-20-5-1-18(2-6-20)17-33-25(28-29-30-33)24(19-3-7-21(27)8-4-19)32-15-13-31(14-16-32)22-9-11-23(12-10-22)34(35)36/h1-12,24H,13-17H2/t24-/m1/s1. The fourth-order valence-electron chi connectivity index (χ4n) is 4.47. The summed E-state index contributed by atoms with van der Waals surface area (Å²) in [5.74, 6) is -0.0353. The number of nitrogens with zero attached hydrogens (tertiary/aromatic N) is 7. The van der Waals surface area contributed by atoms with Gasteiger partial charge in [0, 0.05) is 44.0 Å². The molecule has 4 aromatic rings.